The van der Waals surface area contributed by atoms with Gasteiger partial charge in [-0.05, 0) is 25.1 Å². The number of amides is 2. The van der Waals surface area contributed by atoms with E-state index in [1.54, 1.807) is 15.9 Å². The molecule has 170 valence electrons. The Morgan fingerprint density at radius 3 is 2.06 bits per heavy atom. The Bertz CT molecular complexity index is 1010. The molecule has 0 atom stereocenters. The molecule has 2 aliphatic heterocycles. The highest BCUT2D eigenvalue weighted by atomic mass is 16.5. The lowest BCUT2D eigenvalue weighted by Crippen LogP contribution is -2.49. The average Bonchev–Trinajstić information content (AvgIpc) is 2.84. The maximum atomic E-state index is 12.6. The number of hydrogen-bond acceptors (Lipinski definition) is 6. The van der Waals surface area contributed by atoms with Crippen LogP contribution < -0.4 is 10.5 Å². The fraction of sp³-hybridized carbons (Fsp3) is 0.478. The maximum absolute atomic E-state index is 12.6. The third-order valence-electron chi connectivity index (χ3n) is 5.94. The van der Waals surface area contributed by atoms with Gasteiger partial charge in [-0.25, -0.2) is 0 Å². The second kappa shape index (κ2) is 9.95. The molecule has 9 heteroatoms. The number of aryl methyl sites for hydroxylation is 1. The third kappa shape index (κ3) is 5.16. The van der Waals surface area contributed by atoms with Crippen molar-refractivity contribution in [2.75, 3.05) is 57.4 Å². The van der Waals surface area contributed by atoms with E-state index in [0.29, 0.717) is 58.3 Å². The van der Waals surface area contributed by atoms with Crippen LogP contribution in [0.5, 0.6) is 0 Å². The Morgan fingerprint density at radius 2 is 1.44 bits per heavy atom. The van der Waals surface area contributed by atoms with Crippen molar-refractivity contribution in [3.63, 3.8) is 0 Å². The molecule has 0 saturated carbocycles. The lowest BCUT2D eigenvalue weighted by molar-refractivity contribution is -0.139. The number of aromatic nitrogens is 2. The van der Waals surface area contributed by atoms with E-state index < -0.39 is 0 Å². The number of nitrogens with zero attached hydrogens (tertiary/aromatic N) is 5. The molecule has 0 spiro atoms. The summed E-state index contributed by atoms with van der Waals surface area (Å²) in [5.41, 5.74) is 1.66. The number of carbonyl (C=O) groups excluding carboxylic acids is 2. The Balaban J connectivity index is 1.32. The Hall–Kier alpha value is -3.20. The van der Waals surface area contributed by atoms with Gasteiger partial charge in [0.25, 0.3) is 5.56 Å². The summed E-state index contributed by atoms with van der Waals surface area (Å²) in [6, 6.07) is 10.9. The average molecular weight is 440 g/mol. The number of piperazine rings is 1. The Morgan fingerprint density at radius 1 is 0.844 bits per heavy atom. The molecule has 9 nitrogen and oxygen atoms in total. The smallest absolute Gasteiger partial charge is 0.271 e. The fourth-order valence-electron chi connectivity index (χ4n) is 3.97. The van der Waals surface area contributed by atoms with Gasteiger partial charge in [0, 0.05) is 58.2 Å². The van der Waals surface area contributed by atoms with Gasteiger partial charge >= 0.3 is 0 Å². The molecule has 2 fully saturated rings. The van der Waals surface area contributed by atoms with Gasteiger partial charge in [0.15, 0.2) is 0 Å². The third-order valence-corrected chi connectivity index (χ3v) is 5.94. The van der Waals surface area contributed by atoms with Gasteiger partial charge in [0.1, 0.15) is 5.82 Å². The van der Waals surface area contributed by atoms with Gasteiger partial charge in [-0.1, -0.05) is 17.7 Å². The quantitative estimate of drug-likeness (QED) is 0.686. The normalized spacial score (nSPS) is 16.8. The minimum Gasteiger partial charge on any atom is -0.378 e. The zero-order valence-electron chi connectivity index (χ0n) is 18.4. The van der Waals surface area contributed by atoms with E-state index in [1.807, 2.05) is 31.2 Å². The van der Waals surface area contributed by atoms with Gasteiger partial charge in [-0.2, -0.15) is 4.68 Å². The molecule has 0 aliphatic carbocycles. The van der Waals surface area contributed by atoms with Crippen molar-refractivity contribution in [1.29, 1.82) is 0 Å². The van der Waals surface area contributed by atoms with Crippen LogP contribution in [0.15, 0.2) is 41.2 Å². The van der Waals surface area contributed by atoms with Crippen molar-refractivity contribution >= 4 is 17.6 Å². The summed E-state index contributed by atoms with van der Waals surface area (Å²) < 4.78 is 6.67. The van der Waals surface area contributed by atoms with E-state index >= 15 is 0 Å². The predicted molar refractivity (Wildman–Crippen MR) is 120 cm³/mol. The molecule has 0 N–H and O–H groups in total. The zero-order chi connectivity index (χ0) is 22.5. The SMILES string of the molecule is Cc1ccc(-n2nc(N3CCN(C(=O)CCC(=O)N4CCOCC4)CC3)ccc2=O)cc1. The lowest BCUT2D eigenvalue weighted by atomic mass is 10.2. The number of ether oxygens (including phenoxy) is 1. The predicted octanol–water partition coefficient (Wildman–Crippen LogP) is 0.829. The van der Waals surface area contributed by atoms with E-state index in [2.05, 4.69) is 10.00 Å². The molecule has 3 heterocycles. The van der Waals surface area contributed by atoms with Crippen LogP contribution in [-0.2, 0) is 14.3 Å². The van der Waals surface area contributed by atoms with E-state index in [9.17, 15) is 14.4 Å². The van der Waals surface area contributed by atoms with Gasteiger partial charge in [0.05, 0.1) is 18.9 Å². The van der Waals surface area contributed by atoms with Crippen molar-refractivity contribution in [1.82, 2.24) is 19.6 Å². The molecule has 2 amide bonds. The molecular formula is C23H29N5O4. The van der Waals surface area contributed by atoms with Crippen molar-refractivity contribution in [2.45, 2.75) is 19.8 Å². The molecule has 1 aromatic carbocycles. The Kier molecular flexibility index (Phi) is 6.84. The largest absolute Gasteiger partial charge is 0.378 e. The number of morpholine rings is 1. The van der Waals surface area contributed by atoms with Gasteiger partial charge in [-0.3, -0.25) is 14.4 Å². The molecule has 0 unspecified atom stereocenters. The number of anilines is 1. The molecule has 32 heavy (non-hydrogen) atoms. The second-order valence-corrected chi connectivity index (χ2v) is 8.14. The molecule has 0 radical (unpaired) electrons. The van der Waals surface area contributed by atoms with E-state index in [4.69, 9.17) is 4.74 Å². The van der Waals surface area contributed by atoms with Crippen LogP contribution in [0.25, 0.3) is 5.69 Å². The highest BCUT2D eigenvalue weighted by molar-refractivity contribution is 5.84. The van der Waals surface area contributed by atoms with Gasteiger partial charge in [-0.15, -0.1) is 5.10 Å². The maximum Gasteiger partial charge on any atom is 0.271 e. The highest BCUT2D eigenvalue weighted by Crippen LogP contribution is 2.15. The summed E-state index contributed by atoms with van der Waals surface area (Å²) in [7, 11) is 0. The molecular weight excluding hydrogens is 410 g/mol. The fourth-order valence-corrected chi connectivity index (χ4v) is 3.97. The van der Waals surface area contributed by atoms with Crippen LogP contribution in [-0.4, -0.2) is 83.9 Å². The number of carbonyl (C=O) groups is 2. The standard InChI is InChI=1S/C23H29N5O4/c1-18-2-4-19(5-3-18)28-23(31)7-6-20(24-28)25-10-12-26(13-11-25)21(29)8-9-22(30)27-14-16-32-17-15-27/h2-7H,8-17H2,1H3. The van der Waals surface area contributed by atoms with E-state index in [0.717, 1.165) is 11.3 Å². The molecule has 1 aromatic heterocycles. The first kappa shape index (κ1) is 22.0. The molecule has 2 saturated heterocycles. The highest BCUT2D eigenvalue weighted by Gasteiger charge is 2.24. The van der Waals surface area contributed by atoms with Crippen molar-refractivity contribution < 1.29 is 14.3 Å². The molecule has 2 aromatic rings. The number of benzene rings is 1. The first-order chi connectivity index (χ1) is 15.5. The van der Waals surface area contributed by atoms with Crippen LogP contribution in [0, 0.1) is 6.92 Å². The second-order valence-electron chi connectivity index (χ2n) is 8.14. The van der Waals surface area contributed by atoms with Gasteiger partial charge < -0.3 is 19.4 Å². The van der Waals surface area contributed by atoms with Crippen molar-refractivity contribution in [3.05, 3.63) is 52.3 Å². The number of rotatable bonds is 5. The minimum absolute atomic E-state index is 0.00356. The van der Waals surface area contributed by atoms with Crippen LogP contribution in [0.2, 0.25) is 0 Å². The monoisotopic (exact) mass is 439 g/mol. The summed E-state index contributed by atoms with van der Waals surface area (Å²) in [4.78, 5) is 42.8. The molecule has 4 rings (SSSR count). The zero-order valence-corrected chi connectivity index (χ0v) is 18.4. The summed E-state index contributed by atoms with van der Waals surface area (Å²) in [5.74, 6) is 0.728. The summed E-state index contributed by atoms with van der Waals surface area (Å²) in [6.07, 6.45) is 0.467. The first-order valence-electron chi connectivity index (χ1n) is 11.1. The summed E-state index contributed by atoms with van der Waals surface area (Å²) in [5, 5.41) is 4.54. The summed E-state index contributed by atoms with van der Waals surface area (Å²) in [6.45, 7) is 6.71. The van der Waals surface area contributed by atoms with Crippen molar-refractivity contribution in [3.8, 4) is 5.69 Å². The Labute approximate surface area is 187 Å². The minimum atomic E-state index is -0.184. The lowest BCUT2D eigenvalue weighted by Gasteiger charge is -2.35. The first-order valence-corrected chi connectivity index (χ1v) is 11.1. The summed E-state index contributed by atoms with van der Waals surface area (Å²) >= 11 is 0. The van der Waals surface area contributed by atoms with Crippen LogP contribution in [0.3, 0.4) is 0 Å². The van der Waals surface area contributed by atoms with Crippen LogP contribution >= 0.6 is 0 Å². The number of hydrogen-bond donors (Lipinski definition) is 0. The topological polar surface area (TPSA) is 88.0 Å². The van der Waals surface area contributed by atoms with Crippen LogP contribution in [0.1, 0.15) is 18.4 Å². The van der Waals surface area contributed by atoms with Crippen molar-refractivity contribution in [2.24, 2.45) is 0 Å². The van der Waals surface area contributed by atoms with Gasteiger partial charge in [0.2, 0.25) is 11.8 Å². The van der Waals surface area contributed by atoms with E-state index in [-0.39, 0.29) is 30.2 Å². The molecule has 2 aliphatic rings. The van der Waals surface area contributed by atoms with Crippen LogP contribution in [0.4, 0.5) is 5.82 Å². The molecule has 0 bridgehead atoms. The van der Waals surface area contributed by atoms with E-state index in [1.165, 1.54) is 10.7 Å².